The van der Waals surface area contributed by atoms with Gasteiger partial charge in [-0.05, 0) is 56.6 Å². The molecule has 5 aromatic rings. The highest BCUT2D eigenvalue weighted by molar-refractivity contribution is 6.00. The summed E-state index contributed by atoms with van der Waals surface area (Å²) in [5.74, 6) is 1.47. The van der Waals surface area contributed by atoms with Crippen LogP contribution in [0.1, 0.15) is 107 Å². The number of benzene rings is 3. The molecule has 8 nitrogen and oxygen atoms in total. The molecule has 0 aliphatic rings. The van der Waals surface area contributed by atoms with Crippen LogP contribution in [0.2, 0.25) is 0 Å². The molecule has 1 unspecified atom stereocenters. The molecule has 48 heavy (non-hydrogen) atoms. The smallest absolute Gasteiger partial charge is 0.225 e. The van der Waals surface area contributed by atoms with Crippen molar-refractivity contribution in [2.45, 2.75) is 95.2 Å². The molecule has 0 spiro atoms. The highest BCUT2D eigenvalue weighted by Crippen LogP contribution is 2.36. The predicted octanol–water partition coefficient (Wildman–Crippen LogP) is 9.27. The lowest BCUT2D eigenvalue weighted by Crippen LogP contribution is -2.42. The van der Waals surface area contributed by atoms with Crippen LogP contribution in [-0.2, 0) is 9.59 Å². The Balaban J connectivity index is 1.42. The SMILES string of the molecule is CC(C)(C)C(=O)NC(c1ncc(-c2ccc3cc4cc(-c5cnc([C@@H](NC(=O)C(C)(C)C)C(C)(C)C)[nH]5)ccc4cc3c2)[nH]1)C(C)(C)C. The lowest BCUT2D eigenvalue weighted by molar-refractivity contribution is -0.130. The van der Waals surface area contributed by atoms with E-state index in [9.17, 15) is 9.59 Å². The number of H-pyrrole nitrogens is 2. The van der Waals surface area contributed by atoms with Gasteiger partial charge >= 0.3 is 0 Å². The Morgan fingerprint density at radius 2 is 0.896 bits per heavy atom. The third-order valence-corrected chi connectivity index (χ3v) is 8.80. The fraction of sp³-hybridized carbons (Fsp3) is 0.450. The van der Waals surface area contributed by atoms with Gasteiger partial charge in [-0.15, -0.1) is 0 Å². The first-order valence-corrected chi connectivity index (χ1v) is 16.8. The first kappa shape index (κ1) is 34.9. The summed E-state index contributed by atoms with van der Waals surface area (Å²) in [5.41, 5.74) is 2.42. The molecule has 2 heterocycles. The number of nitrogens with zero attached hydrogens (tertiary/aromatic N) is 2. The van der Waals surface area contributed by atoms with Crippen LogP contribution in [-0.4, -0.2) is 31.8 Å². The lowest BCUT2D eigenvalue weighted by atomic mass is 9.85. The fourth-order valence-corrected chi connectivity index (χ4v) is 5.68. The standard InChI is InChI=1S/C40H52N6O2/c1-37(2,3)31(45-35(47)39(7,8)9)33-41-21-29(43-33)25-15-13-23-18-28-20-26(16-14-24(28)17-27(23)19-25)30-22-42-34(44-30)32(38(4,5)6)46-36(48)40(10,11)12/h13-22,31-32H,1-12H3,(H,41,43)(H,42,44)(H,45,47)(H,46,48)/t31-,32?/m1/s1. The Morgan fingerprint density at radius 1 is 0.542 bits per heavy atom. The van der Waals surface area contributed by atoms with E-state index in [1.807, 2.05) is 53.9 Å². The third kappa shape index (κ3) is 7.48. The van der Waals surface area contributed by atoms with Gasteiger partial charge in [0, 0.05) is 22.0 Å². The summed E-state index contributed by atoms with van der Waals surface area (Å²) in [4.78, 5) is 42.2. The number of nitrogens with one attached hydrogen (secondary N) is 4. The largest absolute Gasteiger partial charge is 0.345 e. The number of rotatable bonds is 6. The number of hydrogen-bond acceptors (Lipinski definition) is 4. The Hall–Kier alpha value is -4.46. The highest BCUT2D eigenvalue weighted by Gasteiger charge is 2.35. The van der Waals surface area contributed by atoms with Crippen molar-refractivity contribution in [3.63, 3.8) is 0 Å². The maximum atomic E-state index is 12.9. The van der Waals surface area contributed by atoms with E-state index in [-0.39, 0.29) is 34.7 Å². The molecule has 0 aliphatic heterocycles. The first-order valence-electron chi connectivity index (χ1n) is 16.8. The van der Waals surface area contributed by atoms with Gasteiger partial charge in [-0.3, -0.25) is 9.59 Å². The van der Waals surface area contributed by atoms with Crippen LogP contribution in [0.3, 0.4) is 0 Å². The summed E-state index contributed by atoms with van der Waals surface area (Å²) >= 11 is 0. The van der Waals surface area contributed by atoms with Crippen molar-refractivity contribution < 1.29 is 9.59 Å². The lowest BCUT2D eigenvalue weighted by Gasteiger charge is -2.32. The molecule has 8 heteroatoms. The molecule has 0 fully saturated rings. The van der Waals surface area contributed by atoms with E-state index in [4.69, 9.17) is 9.97 Å². The van der Waals surface area contributed by atoms with Crippen molar-refractivity contribution in [1.29, 1.82) is 0 Å². The number of amides is 2. The molecular weight excluding hydrogens is 596 g/mol. The van der Waals surface area contributed by atoms with Crippen LogP contribution in [0.25, 0.3) is 44.1 Å². The van der Waals surface area contributed by atoms with Crippen molar-refractivity contribution in [1.82, 2.24) is 30.6 Å². The quantitative estimate of drug-likeness (QED) is 0.137. The van der Waals surface area contributed by atoms with Gasteiger partial charge in [0.15, 0.2) is 0 Å². The Labute approximate surface area is 284 Å². The Kier molecular flexibility index (Phi) is 8.87. The van der Waals surface area contributed by atoms with Crippen LogP contribution in [0, 0.1) is 21.7 Å². The molecule has 2 amide bonds. The van der Waals surface area contributed by atoms with Crippen LogP contribution in [0.5, 0.6) is 0 Å². The number of carbonyl (C=O) groups excluding carboxylic acids is 2. The fourth-order valence-electron chi connectivity index (χ4n) is 5.68. The zero-order valence-corrected chi connectivity index (χ0v) is 30.6. The summed E-state index contributed by atoms with van der Waals surface area (Å²) in [6.45, 7) is 24.2. The predicted molar refractivity (Wildman–Crippen MR) is 196 cm³/mol. The number of hydrogen-bond donors (Lipinski definition) is 4. The molecule has 0 saturated heterocycles. The second kappa shape index (κ2) is 12.2. The van der Waals surface area contributed by atoms with E-state index in [0.29, 0.717) is 0 Å². The minimum Gasteiger partial charge on any atom is -0.345 e. The van der Waals surface area contributed by atoms with E-state index in [2.05, 4.69) is 111 Å². The van der Waals surface area contributed by atoms with Gasteiger partial charge < -0.3 is 20.6 Å². The number of carbonyl (C=O) groups is 2. The van der Waals surface area contributed by atoms with Gasteiger partial charge in [0.05, 0.1) is 35.9 Å². The molecule has 0 bridgehead atoms. The molecule has 254 valence electrons. The van der Waals surface area contributed by atoms with E-state index in [1.165, 1.54) is 0 Å². The number of aromatic amines is 2. The second-order valence-corrected chi connectivity index (χ2v) is 17.4. The van der Waals surface area contributed by atoms with Crippen LogP contribution < -0.4 is 10.6 Å². The maximum Gasteiger partial charge on any atom is 0.225 e. The zero-order chi connectivity index (χ0) is 35.4. The molecule has 4 N–H and O–H groups in total. The van der Waals surface area contributed by atoms with Crippen molar-refractivity contribution in [3.05, 3.63) is 72.6 Å². The van der Waals surface area contributed by atoms with Crippen molar-refractivity contribution in [2.75, 3.05) is 0 Å². The van der Waals surface area contributed by atoms with Crippen LogP contribution in [0.4, 0.5) is 0 Å². The van der Waals surface area contributed by atoms with Crippen LogP contribution in [0.15, 0.2) is 60.9 Å². The average molecular weight is 649 g/mol. The number of imidazole rings is 2. The van der Waals surface area contributed by atoms with Gasteiger partial charge in [0.25, 0.3) is 0 Å². The van der Waals surface area contributed by atoms with Gasteiger partial charge in [-0.1, -0.05) is 107 Å². The first-order chi connectivity index (χ1) is 22.1. The third-order valence-electron chi connectivity index (χ3n) is 8.80. The summed E-state index contributed by atoms with van der Waals surface area (Å²) < 4.78 is 0. The molecule has 5 rings (SSSR count). The molecule has 3 aromatic carbocycles. The molecule has 2 aromatic heterocycles. The summed E-state index contributed by atoms with van der Waals surface area (Å²) in [6, 6.07) is 16.8. The van der Waals surface area contributed by atoms with E-state index in [1.54, 1.807) is 0 Å². The molecule has 2 atom stereocenters. The highest BCUT2D eigenvalue weighted by atomic mass is 16.2. The Morgan fingerprint density at radius 3 is 1.21 bits per heavy atom. The number of fused-ring (bicyclic) bond motifs is 2. The van der Waals surface area contributed by atoms with Crippen molar-refractivity contribution in [2.24, 2.45) is 21.7 Å². The normalized spacial score (nSPS) is 14.2. The minimum atomic E-state index is -0.498. The zero-order valence-electron chi connectivity index (χ0n) is 30.6. The Bertz CT molecular complexity index is 1830. The average Bonchev–Trinajstić information content (AvgIpc) is 3.65. The molecule has 0 aliphatic carbocycles. The van der Waals surface area contributed by atoms with Gasteiger partial charge in [-0.25, -0.2) is 9.97 Å². The van der Waals surface area contributed by atoms with Gasteiger partial charge in [0.2, 0.25) is 11.8 Å². The van der Waals surface area contributed by atoms with Crippen molar-refractivity contribution in [3.8, 4) is 22.5 Å². The monoisotopic (exact) mass is 648 g/mol. The summed E-state index contributed by atoms with van der Waals surface area (Å²) in [6.07, 6.45) is 3.70. The van der Waals surface area contributed by atoms with E-state index < -0.39 is 10.8 Å². The van der Waals surface area contributed by atoms with Crippen molar-refractivity contribution >= 4 is 33.4 Å². The topological polar surface area (TPSA) is 116 Å². The van der Waals surface area contributed by atoms with Gasteiger partial charge in [0.1, 0.15) is 11.6 Å². The molecular formula is C40H52N6O2. The minimum absolute atomic E-state index is 0.00668. The number of aromatic nitrogens is 4. The molecule has 0 saturated carbocycles. The van der Waals surface area contributed by atoms with Crippen LogP contribution >= 0.6 is 0 Å². The summed E-state index contributed by atoms with van der Waals surface area (Å²) in [5, 5.41) is 11.0. The maximum absolute atomic E-state index is 12.9. The summed E-state index contributed by atoms with van der Waals surface area (Å²) in [7, 11) is 0. The van der Waals surface area contributed by atoms with E-state index in [0.717, 1.165) is 55.7 Å². The second-order valence-electron chi connectivity index (χ2n) is 17.4. The van der Waals surface area contributed by atoms with E-state index >= 15 is 0 Å². The van der Waals surface area contributed by atoms with Gasteiger partial charge in [-0.2, -0.15) is 0 Å². The molecule has 0 radical (unpaired) electrons.